The van der Waals surface area contributed by atoms with Crippen molar-refractivity contribution in [1.29, 1.82) is 0 Å². The van der Waals surface area contributed by atoms with Crippen LogP contribution in [0.3, 0.4) is 0 Å². The third-order valence-corrected chi connectivity index (χ3v) is 18.8. The Labute approximate surface area is 459 Å². The summed E-state index contributed by atoms with van der Waals surface area (Å²) in [5.74, 6) is 0.190. The number of likely N-dealkylation sites (tertiary alicyclic amines) is 2. The predicted octanol–water partition coefficient (Wildman–Crippen LogP) is 8.18. The summed E-state index contributed by atoms with van der Waals surface area (Å²) >= 11 is 9.99. The zero-order valence-corrected chi connectivity index (χ0v) is 46.8. The number of ether oxygens (including phenoxy) is 1. The molecule has 0 radical (unpaired) electrons. The van der Waals surface area contributed by atoms with Crippen molar-refractivity contribution < 1.29 is 33.4 Å². The fourth-order valence-corrected chi connectivity index (χ4v) is 12.8. The zero-order valence-electron chi connectivity index (χ0n) is 44.4. The van der Waals surface area contributed by atoms with Crippen LogP contribution in [-0.4, -0.2) is 129 Å². The molecule has 9 rings (SSSR count). The Hall–Kier alpha value is -5.08. The largest absolute Gasteiger partial charge is 0.490 e. The van der Waals surface area contributed by atoms with Crippen LogP contribution in [0.5, 0.6) is 5.75 Å². The van der Waals surface area contributed by atoms with Crippen molar-refractivity contribution in [2.75, 3.05) is 56.0 Å². The summed E-state index contributed by atoms with van der Waals surface area (Å²) in [6, 6.07) is 9.78. The number of thiazole rings is 1. The smallest absolute Gasteiger partial charge is 0.258 e. The van der Waals surface area contributed by atoms with Crippen LogP contribution in [0, 0.1) is 29.6 Å². The molecule has 0 bridgehead atoms. The van der Waals surface area contributed by atoms with Crippen molar-refractivity contribution in [1.82, 2.24) is 35.4 Å². The quantitative estimate of drug-likeness (QED) is 0.0677. The summed E-state index contributed by atoms with van der Waals surface area (Å²) < 4.78 is 21.5. The Morgan fingerprint density at radius 3 is 2.37 bits per heavy atom. The molecule has 0 unspecified atom stereocenters. The number of piperidine rings is 2. The molecule has 3 saturated heterocycles. The summed E-state index contributed by atoms with van der Waals surface area (Å²) in [7, 11) is 0. The molecule has 4 amide bonds. The number of rotatable bonds is 17. The number of halogens is 2. The highest BCUT2D eigenvalue weighted by Crippen LogP contribution is 2.42. The van der Waals surface area contributed by atoms with E-state index >= 15 is 0 Å². The van der Waals surface area contributed by atoms with Gasteiger partial charge in [0.2, 0.25) is 17.7 Å². The van der Waals surface area contributed by atoms with E-state index in [1.165, 1.54) is 28.0 Å². The van der Waals surface area contributed by atoms with Gasteiger partial charge >= 0.3 is 0 Å². The van der Waals surface area contributed by atoms with Gasteiger partial charge in [0.05, 0.1) is 51.4 Å². The van der Waals surface area contributed by atoms with E-state index < -0.39 is 47.0 Å². The Balaban J connectivity index is 0.753. The number of β-amino-alcohol motifs (C(OH)–C–C–N with tert-alkyl or cyclic N) is 1. The minimum atomic E-state index is -1.98. The van der Waals surface area contributed by atoms with Gasteiger partial charge in [-0.05, 0) is 118 Å². The molecule has 2 aromatic carbocycles. The number of amides is 4. The van der Waals surface area contributed by atoms with Crippen molar-refractivity contribution in [3.8, 4) is 16.2 Å². The van der Waals surface area contributed by atoms with Gasteiger partial charge in [-0.25, -0.2) is 19.3 Å². The molecule has 2 aromatic heterocycles. The number of nitrogens with two attached hydrogens (primary N) is 1. The van der Waals surface area contributed by atoms with Crippen LogP contribution in [0.2, 0.25) is 5.02 Å². The Bertz CT molecular complexity index is 2720. The van der Waals surface area contributed by atoms with Gasteiger partial charge in [-0.15, -0.1) is 11.3 Å². The summed E-state index contributed by atoms with van der Waals surface area (Å²) in [6.07, 6.45) is 9.47. The first-order valence-corrected chi connectivity index (χ1v) is 29.1. The number of aryl methyl sites for hydroxylation is 1. The first-order valence-electron chi connectivity index (χ1n) is 27.0. The summed E-state index contributed by atoms with van der Waals surface area (Å²) in [6.45, 7) is 14.2. The van der Waals surface area contributed by atoms with Crippen LogP contribution < -0.4 is 31.3 Å². The number of carbonyl (C=O) groups excluding carboxylic acids is 4. The van der Waals surface area contributed by atoms with Gasteiger partial charge in [0, 0.05) is 68.6 Å². The Kier molecular flexibility index (Phi) is 17.2. The monoisotopic (exact) mass is 1100 g/mol. The first-order chi connectivity index (χ1) is 36.3. The molecule has 20 heteroatoms. The second-order valence-electron chi connectivity index (χ2n) is 23.1. The molecule has 2 aliphatic carbocycles. The van der Waals surface area contributed by atoms with Gasteiger partial charge in [0.25, 0.3) is 5.91 Å². The third-order valence-electron chi connectivity index (χ3n) is 16.3. The number of aliphatic hydroxyl groups is 1. The van der Waals surface area contributed by atoms with E-state index in [1.807, 2.05) is 60.6 Å². The number of carbonyl (C=O) groups is 4. The molecule has 76 heavy (non-hydrogen) atoms. The second kappa shape index (κ2) is 23.5. The van der Waals surface area contributed by atoms with E-state index in [0.29, 0.717) is 62.0 Å². The fourth-order valence-electron chi connectivity index (χ4n) is 10.9. The lowest BCUT2D eigenvalue weighted by molar-refractivity contribution is -0.145. The van der Waals surface area contributed by atoms with Crippen molar-refractivity contribution in [2.24, 2.45) is 28.4 Å². The molecule has 5 fully saturated rings. The van der Waals surface area contributed by atoms with E-state index in [1.54, 1.807) is 26.3 Å². The molecule has 6 N–H and O–H groups in total. The summed E-state index contributed by atoms with van der Waals surface area (Å²) in [5, 5.41) is 21.4. The van der Waals surface area contributed by atoms with Crippen LogP contribution in [0.15, 0.2) is 64.2 Å². The molecular formula is C56H74ClFN10O6S2. The molecule has 5 heterocycles. The van der Waals surface area contributed by atoms with E-state index in [2.05, 4.69) is 32.8 Å². The number of aliphatic hydroxyl groups excluding tert-OH is 1. The van der Waals surface area contributed by atoms with Crippen molar-refractivity contribution in [2.45, 2.75) is 152 Å². The van der Waals surface area contributed by atoms with Crippen LogP contribution in [0.1, 0.15) is 110 Å². The average Bonchev–Trinajstić information content (AvgIpc) is 3.83. The van der Waals surface area contributed by atoms with Crippen LogP contribution in [-0.2, 0) is 25.7 Å². The normalized spacial score (nSPS) is 22.9. The van der Waals surface area contributed by atoms with Crippen LogP contribution in [0.25, 0.3) is 10.4 Å². The number of benzene rings is 2. The number of nitrogens with zero attached hydrogens (tertiary/aromatic N) is 6. The van der Waals surface area contributed by atoms with E-state index in [4.69, 9.17) is 32.0 Å². The minimum Gasteiger partial charge on any atom is -0.490 e. The number of hydrogen-bond donors (Lipinski definition) is 5. The molecule has 0 spiro atoms. The highest BCUT2D eigenvalue weighted by Gasteiger charge is 2.53. The minimum absolute atomic E-state index is 0.0211. The highest BCUT2D eigenvalue weighted by molar-refractivity contribution is 7.99. The first kappa shape index (κ1) is 55.7. The molecule has 410 valence electrons. The summed E-state index contributed by atoms with van der Waals surface area (Å²) in [4.78, 5) is 76.2. The SMILES string of the molecule is Cc1ncsc1-c1ccc(CNC(=O)[C@@H]2C[C@@H](O)CN2C(=O)[C@@H](NC(=O)C2(F)CC2)C(C)(C)C)c(OC2CCC(C(=O)N3CCC(CNc4cccc(Sc5cnc(N6CCC(C)(CN)CC6)cn5)c4Cl)CC3)CC2)c1. The lowest BCUT2D eigenvalue weighted by Gasteiger charge is -2.39. The average molecular weight is 1100 g/mol. The molecular weight excluding hydrogens is 1030 g/mol. The maximum Gasteiger partial charge on any atom is 0.258 e. The van der Waals surface area contributed by atoms with Gasteiger partial charge in [0.1, 0.15) is 28.7 Å². The Morgan fingerprint density at radius 2 is 1.72 bits per heavy atom. The van der Waals surface area contributed by atoms with E-state index in [0.717, 1.165) is 88.4 Å². The highest BCUT2D eigenvalue weighted by atomic mass is 35.5. The molecule has 3 aliphatic heterocycles. The van der Waals surface area contributed by atoms with Gasteiger partial charge in [-0.2, -0.15) is 0 Å². The summed E-state index contributed by atoms with van der Waals surface area (Å²) in [5.41, 5.74) is 8.67. The second-order valence-corrected chi connectivity index (χ2v) is 25.4. The third kappa shape index (κ3) is 13.1. The topological polar surface area (TPSA) is 208 Å². The van der Waals surface area contributed by atoms with Crippen molar-refractivity contribution in [3.05, 3.63) is 70.6 Å². The maximum atomic E-state index is 14.7. The van der Waals surface area contributed by atoms with E-state index in [-0.39, 0.29) is 55.7 Å². The van der Waals surface area contributed by atoms with Crippen LogP contribution >= 0.6 is 34.7 Å². The van der Waals surface area contributed by atoms with E-state index in [9.17, 15) is 28.7 Å². The number of hydrogen-bond acceptors (Lipinski definition) is 14. The standard InChI is InChI=1S/C56H74ClFN10O6S2/c1-34-48(75-33-64-34)37-9-10-38(28-63-50(70)42-26-39(69)31-68(42)52(72)49(54(2,3)4)65-53(73)56(58)17-18-56)43(25-37)74-40-13-11-36(12-14-40)51(71)67-21-15-35(16-22-67)27-60-41-7-6-8-44(47(41)57)76-46-30-61-45(29-62-46)66-23-19-55(5,32-59)20-24-66/h6-10,25,29-30,33,35-36,39-40,42,49,60,69H,11-24,26-28,31-32,59H2,1-5H3,(H,63,70)(H,65,73)/t36?,39-,40?,42+,49-/m1/s1. The molecule has 2 saturated carbocycles. The maximum absolute atomic E-state index is 14.7. The Morgan fingerprint density at radius 1 is 0.987 bits per heavy atom. The fraction of sp³-hybridized carbons (Fsp3) is 0.589. The van der Waals surface area contributed by atoms with Crippen LogP contribution in [0.4, 0.5) is 15.9 Å². The molecule has 4 aromatic rings. The lowest BCUT2D eigenvalue weighted by Crippen LogP contribution is -2.59. The lowest BCUT2D eigenvalue weighted by atomic mass is 9.80. The van der Waals surface area contributed by atoms with Crippen molar-refractivity contribution >= 4 is 69.8 Å². The number of alkyl halides is 1. The van der Waals surface area contributed by atoms with Crippen molar-refractivity contribution in [3.63, 3.8) is 0 Å². The number of aromatic nitrogens is 3. The molecule has 16 nitrogen and oxygen atoms in total. The van der Waals surface area contributed by atoms with Gasteiger partial charge in [-0.3, -0.25) is 19.2 Å². The van der Waals surface area contributed by atoms with Gasteiger partial charge < -0.3 is 46.2 Å². The predicted molar refractivity (Wildman–Crippen MR) is 295 cm³/mol. The van der Waals surface area contributed by atoms with Gasteiger partial charge in [-0.1, -0.05) is 69.3 Å². The number of nitrogens with one attached hydrogen (secondary N) is 3. The molecule has 5 aliphatic rings. The molecule has 3 atom stereocenters. The number of anilines is 2. The van der Waals surface area contributed by atoms with Gasteiger partial charge in [0.15, 0.2) is 5.67 Å². The zero-order chi connectivity index (χ0) is 53.9.